The molecule has 2 atom stereocenters. The van der Waals surface area contributed by atoms with Crippen molar-refractivity contribution < 1.29 is 9.66 Å². The molecule has 1 aliphatic rings. The van der Waals surface area contributed by atoms with E-state index in [1.807, 2.05) is 0 Å². The molecule has 1 N–H and O–H groups in total. The second-order valence-corrected chi connectivity index (χ2v) is 4.32. The number of benzene rings is 1. The second kappa shape index (κ2) is 5.14. The first-order valence-corrected chi connectivity index (χ1v) is 5.73. The summed E-state index contributed by atoms with van der Waals surface area (Å²) in [6.45, 7) is 0. The fourth-order valence-corrected chi connectivity index (χ4v) is 2.20. The topological polar surface area (TPSA) is 64.4 Å². The average molecular weight is 236 g/mol. The lowest BCUT2D eigenvalue weighted by atomic mass is 10.2. The molecule has 2 rings (SSSR count). The van der Waals surface area contributed by atoms with Crippen molar-refractivity contribution in [2.45, 2.75) is 31.4 Å². The summed E-state index contributed by atoms with van der Waals surface area (Å²) in [5.74, 6) is 0. The molecule has 2 unspecified atom stereocenters. The van der Waals surface area contributed by atoms with Gasteiger partial charge in [0.1, 0.15) is 0 Å². The van der Waals surface area contributed by atoms with Gasteiger partial charge in [-0.15, -0.1) is 0 Å². The van der Waals surface area contributed by atoms with Crippen LogP contribution in [0.15, 0.2) is 24.3 Å². The minimum atomic E-state index is -0.389. The number of nitrogens with one attached hydrogen (secondary N) is 1. The summed E-state index contributed by atoms with van der Waals surface area (Å²) in [6, 6.07) is 6.94. The van der Waals surface area contributed by atoms with Crippen LogP contribution < -0.4 is 5.32 Å². The first-order valence-electron chi connectivity index (χ1n) is 5.73. The zero-order valence-corrected chi connectivity index (χ0v) is 9.76. The van der Waals surface area contributed by atoms with Crippen LogP contribution in [0.4, 0.5) is 11.4 Å². The van der Waals surface area contributed by atoms with E-state index in [1.54, 1.807) is 19.2 Å². The number of nitrogens with zero attached hydrogens (tertiary/aromatic N) is 1. The number of nitro benzene ring substituents is 1. The van der Waals surface area contributed by atoms with Gasteiger partial charge in [-0.1, -0.05) is 0 Å². The molecule has 0 aliphatic heterocycles. The zero-order chi connectivity index (χ0) is 12.3. The molecule has 1 aliphatic carbocycles. The van der Waals surface area contributed by atoms with Gasteiger partial charge in [-0.05, 0) is 31.4 Å². The maximum atomic E-state index is 10.5. The fraction of sp³-hybridized carbons (Fsp3) is 0.500. The largest absolute Gasteiger partial charge is 0.382 e. The Balaban J connectivity index is 1.93. The molecular weight excluding hydrogens is 220 g/mol. The monoisotopic (exact) mass is 236 g/mol. The predicted octanol–water partition coefficient (Wildman–Crippen LogP) is 2.57. The highest BCUT2D eigenvalue weighted by molar-refractivity contribution is 5.49. The van der Waals surface area contributed by atoms with Gasteiger partial charge in [0.15, 0.2) is 0 Å². The van der Waals surface area contributed by atoms with E-state index in [0.717, 1.165) is 24.9 Å². The molecule has 5 nitrogen and oxygen atoms in total. The van der Waals surface area contributed by atoms with E-state index in [1.165, 1.54) is 12.1 Å². The van der Waals surface area contributed by atoms with Crippen molar-refractivity contribution in [1.82, 2.24) is 0 Å². The summed E-state index contributed by atoms with van der Waals surface area (Å²) < 4.78 is 5.30. The quantitative estimate of drug-likeness (QED) is 0.644. The maximum absolute atomic E-state index is 10.5. The number of non-ortho nitro benzene ring substituents is 1. The van der Waals surface area contributed by atoms with Gasteiger partial charge in [-0.25, -0.2) is 0 Å². The molecule has 0 aromatic heterocycles. The lowest BCUT2D eigenvalue weighted by molar-refractivity contribution is -0.384. The highest BCUT2D eigenvalue weighted by atomic mass is 16.6. The van der Waals surface area contributed by atoms with Gasteiger partial charge in [0.05, 0.1) is 11.0 Å². The summed E-state index contributed by atoms with van der Waals surface area (Å²) in [5, 5.41) is 13.9. The molecule has 0 amide bonds. The van der Waals surface area contributed by atoms with Gasteiger partial charge in [0.2, 0.25) is 0 Å². The van der Waals surface area contributed by atoms with Crippen molar-refractivity contribution in [3.63, 3.8) is 0 Å². The van der Waals surface area contributed by atoms with Crippen LogP contribution in [0, 0.1) is 10.1 Å². The van der Waals surface area contributed by atoms with Crippen molar-refractivity contribution in [1.29, 1.82) is 0 Å². The van der Waals surface area contributed by atoms with E-state index in [2.05, 4.69) is 5.32 Å². The molecule has 0 heterocycles. The second-order valence-electron chi connectivity index (χ2n) is 4.32. The standard InChI is InChI=1S/C12H16N2O3/c1-17-12-7-4-10(8-12)13-9-2-5-11(6-3-9)14(15)16/h2-3,5-6,10,12-13H,4,7-8H2,1H3. The molecule has 1 aromatic carbocycles. The van der Waals surface area contributed by atoms with E-state index >= 15 is 0 Å². The number of nitro groups is 1. The number of rotatable bonds is 4. The van der Waals surface area contributed by atoms with Crippen LogP contribution in [0.3, 0.4) is 0 Å². The van der Waals surface area contributed by atoms with E-state index in [4.69, 9.17) is 4.74 Å². The Bertz CT molecular complexity index is 391. The molecule has 1 fully saturated rings. The maximum Gasteiger partial charge on any atom is 0.269 e. The number of anilines is 1. The third-order valence-electron chi connectivity index (χ3n) is 3.17. The summed E-state index contributed by atoms with van der Waals surface area (Å²) in [5.41, 5.74) is 1.05. The van der Waals surface area contributed by atoms with E-state index in [9.17, 15) is 10.1 Å². The molecule has 92 valence electrons. The first-order chi connectivity index (χ1) is 8.19. The van der Waals surface area contributed by atoms with Crippen molar-refractivity contribution in [2.75, 3.05) is 12.4 Å². The SMILES string of the molecule is COC1CCC(Nc2ccc([N+](=O)[O-])cc2)C1. The molecule has 5 heteroatoms. The van der Waals surface area contributed by atoms with E-state index in [0.29, 0.717) is 12.1 Å². The van der Waals surface area contributed by atoms with Gasteiger partial charge in [-0.3, -0.25) is 10.1 Å². The smallest absolute Gasteiger partial charge is 0.269 e. The highest BCUT2D eigenvalue weighted by Crippen LogP contribution is 2.25. The molecule has 1 aromatic rings. The number of methoxy groups -OCH3 is 1. The lowest BCUT2D eigenvalue weighted by Gasteiger charge is -2.14. The molecule has 0 radical (unpaired) electrons. The average Bonchev–Trinajstić information content (AvgIpc) is 2.77. The lowest BCUT2D eigenvalue weighted by Crippen LogP contribution is -2.17. The van der Waals surface area contributed by atoms with Crippen molar-refractivity contribution in [3.05, 3.63) is 34.4 Å². The Morgan fingerprint density at radius 1 is 1.35 bits per heavy atom. The minimum Gasteiger partial charge on any atom is -0.382 e. The highest BCUT2D eigenvalue weighted by Gasteiger charge is 2.24. The Kier molecular flexibility index (Phi) is 3.58. The number of hydrogen-bond acceptors (Lipinski definition) is 4. The minimum absolute atomic E-state index is 0.122. The zero-order valence-electron chi connectivity index (χ0n) is 9.76. The summed E-state index contributed by atoms with van der Waals surface area (Å²) in [7, 11) is 1.74. The molecule has 17 heavy (non-hydrogen) atoms. The normalized spacial score (nSPS) is 23.6. The van der Waals surface area contributed by atoms with Crippen LogP contribution in [0.1, 0.15) is 19.3 Å². The van der Waals surface area contributed by atoms with Crippen molar-refractivity contribution >= 4 is 11.4 Å². The Labute approximate surface area is 99.9 Å². The van der Waals surface area contributed by atoms with Crippen LogP contribution in [-0.2, 0) is 4.74 Å². The summed E-state index contributed by atoms with van der Waals surface area (Å²) >= 11 is 0. The van der Waals surface area contributed by atoms with Crippen LogP contribution in [0.25, 0.3) is 0 Å². The van der Waals surface area contributed by atoms with Gasteiger partial charge in [0.25, 0.3) is 5.69 Å². The molecule has 0 spiro atoms. The van der Waals surface area contributed by atoms with Crippen molar-refractivity contribution in [2.24, 2.45) is 0 Å². The third-order valence-corrected chi connectivity index (χ3v) is 3.17. The predicted molar refractivity (Wildman–Crippen MR) is 65.2 cm³/mol. The van der Waals surface area contributed by atoms with Crippen molar-refractivity contribution in [3.8, 4) is 0 Å². The molecule has 1 saturated carbocycles. The van der Waals surface area contributed by atoms with Gasteiger partial charge < -0.3 is 10.1 Å². The Morgan fingerprint density at radius 3 is 2.59 bits per heavy atom. The van der Waals surface area contributed by atoms with E-state index < -0.39 is 0 Å². The van der Waals surface area contributed by atoms with Gasteiger partial charge in [-0.2, -0.15) is 0 Å². The summed E-state index contributed by atoms with van der Waals surface area (Å²) in [6.07, 6.45) is 3.48. The Hall–Kier alpha value is -1.62. The fourth-order valence-electron chi connectivity index (χ4n) is 2.20. The molecular formula is C12H16N2O3. The Morgan fingerprint density at radius 2 is 2.06 bits per heavy atom. The van der Waals surface area contributed by atoms with Crippen LogP contribution >= 0.6 is 0 Å². The van der Waals surface area contributed by atoms with Crippen LogP contribution in [0.2, 0.25) is 0 Å². The first kappa shape index (κ1) is 11.9. The number of hydrogen-bond donors (Lipinski definition) is 1. The number of ether oxygens (including phenoxy) is 1. The van der Waals surface area contributed by atoms with Crippen LogP contribution in [0.5, 0.6) is 0 Å². The summed E-state index contributed by atoms with van der Waals surface area (Å²) in [4.78, 5) is 10.1. The molecule has 0 bridgehead atoms. The van der Waals surface area contributed by atoms with Gasteiger partial charge in [0, 0.05) is 31.0 Å². The molecule has 0 saturated heterocycles. The van der Waals surface area contributed by atoms with E-state index in [-0.39, 0.29) is 10.6 Å². The van der Waals surface area contributed by atoms with Gasteiger partial charge >= 0.3 is 0 Å². The third kappa shape index (κ3) is 2.94. The van der Waals surface area contributed by atoms with Crippen LogP contribution in [-0.4, -0.2) is 24.2 Å².